The van der Waals surface area contributed by atoms with E-state index >= 15 is 0 Å². The molecule has 0 spiro atoms. The lowest BCUT2D eigenvalue weighted by Crippen LogP contribution is -2.31. The highest BCUT2D eigenvalue weighted by molar-refractivity contribution is 7.16. The van der Waals surface area contributed by atoms with Crippen LogP contribution in [-0.4, -0.2) is 23.9 Å². The Bertz CT molecular complexity index is 441. The molecule has 0 amide bonds. The molecule has 19 heavy (non-hydrogen) atoms. The molecule has 3 nitrogen and oxygen atoms in total. The van der Waals surface area contributed by atoms with Crippen molar-refractivity contribution in [2.45, 2.75) is 47.0 Å². The summed E-state index contributed by atoms with van der Waals surface area (Å²) in [4.78, 5) is 20.1. The molecule has 0 aromatic carbocycles. The summed E-state index contributed by atoms with van der Waals surface area (Å²) in [6, 6.07) is 0. The second-order valence-electron chi connectivity index (χ2n) is 6.24. The Morgan fingerprint density at radius 1 is 1.16 bits per heavy atom. The number of thiazole rings is 1. The average Bonchev–Trinajstić information content (AvgIpc) is 2.72. The lowest BCUT2D eigenvalue weighted by atomic mass is 10.0. The van der Waals surface area contributed by atoms with Crippen LogP contribution in [0.25, 0.3) is 0 Å². The van der Waals surface area contributed by atoms with Gasteiger partial charge < -0.3 is 4.90 Å². The lowest BCUT2D eigenvalue weighted by molar-refractivity contribution is 0.0968. The maximum atomic E-state index is 11.9. The van der Waals surface area contributed by atoms with Gasteiger partial charge in [0.05, 0.1) is 0 Å². The Labute approximate surface area is 120 Å². The number of carbonyl (C=O) groups excluding carboxylic acids is 1. The monoisotopic (exact) mass is 280 g/mol. The van der Waals surface area contributed by atoms with E-state index in [1.54, 1.807) is 11.3 Å². The molecule has 0 bridgehead atoms. The van der Waals surface area contributed by atoms with E-state index in [9.17, 15) is 4.79 Å². The van der Waals surface area contributed by atoms with E-state index < -0.39 is 0 Å². The van der Waals surface area contributed by atoms with Gasteiger partial charge in [-0.05, 0) is 24.7 Å². The Morgan fingerprint density at radius 2 is 1.79 bits per heavy atom. The number of aromatic nitrogens is 1. The highest BCUT2D eigenvalue weighted by Gasteiger charge is 2.24. The third-order valence-electron chi connectivity index (χ3n) is 3.20. The number of hydrogen-bond donors (Lipinski definition) is 0. The van der Waals surface area contributed by atoms with Crippen LogP contribution in [0, 0.1) is 11.8 Å². The van der Waals surface area contributed by atoms with E-state index in [0.29, 0.717) is 18.3 Å². The second-order valence-corrected chi connectivity index (χ2v) is 7.30. The first-order valence-corrected chi connectivity index (χ1v) is 8.07. The summed E-state index contributed by atoms with van der Waals surface area (Å²) in [7, 11) is 0. The third-order valence-corrected chi connectivity index (χ3v) is 4.38. The van der Waals surface area contributed by atoms with Gasteiger partial charge in [0, 0.05) is 24.4 Å². The number of Topliss-reactive ketones (excluding diaryl/α,β-unsaturated/α-hetero) is 1. The van der Waals surface area contributed by atoms with Gasteiger partial charge in [0.15, 0.2) is 10.9 Å². The van der Waals surface area contributed by atoms with Gasteiger partial charge in [-0.2, -0.15) is 0 Å². The number of carbonyl (C=O) groups is 1. The quantitative estimate of drug-likeness (QED) is 0.823. The van der Waals surface area contributed by atoms with Crippen LogP contribution in [0.2, 0.25) is 0 Å². The summed E-state index contributed by atoms with van der Waals surface area (Å²) in [5, 5.41) is 1.04. The lowest BCUT2D eigenvalue weighted by Gasteiger charge is -2.25. The number of fused-ring (bicyclic) bond motifs is 1. The number of ketones is 1. The second kappa shape index (κ2) is 6.04. The van der Waals surface area contributed by atoms with Gasteiger partial charge in [0.1, 0.15) is 5.69 Å². The average molecular weight is 280 g/mol. The Balaban J connectivity index is 2.23. The summed E-state index contributed by atoms with van der Waals surface area (Å²) >= 11 is 1.73. The number of aryl methyl sites for hydroxylation is 1. The van der Waals surface area contributed by atoms with Gasteiger partial charge in [0.2, 0.25) is 0 Å². The molecular formula is C15H24N2OS. The van der Waals surface area contributed by atoms with Crippen LogP contribution in [0.15, 0.2) is 0 Å². The molecule has 4 heteroatoms. The molecule has 1 aliphatic carbocycles. The molecule has 0 N–H and O–H groups in total. The normalized spacial score (nSPS) is 15.2. The predicted octanol–water partition coefficient (Wildman–Crippen LogP) is 3.78. The van der Waals surface area contributed by atoms with Crippen molar-refractivity contribution in [2.75, 3.05) is 18.0 Å². The van der Waals surface area contributed by atoms with Crippen LogP contribution in [0.3, 0.4) is 0 Å². The molecule has 0 atom stereocenters. The fraction of sp³-hybridized carbons (Fsp3) is 0.733. The molecule has 0 saturated carbocycles. The first-order chi connectivity index (χ1) is 8.97. The van der Waals surface area contributed by atoms with Crippen molar-refractivity contribution in [3.63, 3.8) is 0 Å². The van der Waals surface area contributed by atoms with Gasteiger partial charge >= 0.3 is 0 Å². The van der Waals surface area contributed by atoms with E-state index in [1.165, 1.54) is 4.88 Å². The third kappa shape index (κ3) is 3.56. The molecule has 0 unspecified atom stereocenters. The van der Waals surface area contributed by atoms with Gasteiger partial charge in [-0.1, -0.05) is 27.7 Å². The van der Waals surface area contributed by atoms with Crippen LogP contribution < -0.4 is 4.90 Å². The van der Waals surface area contributed by atoms with Gasteiger partial charge in [-0.25, -0.2) is 4.98 Å². The van der Waals surface area contributed by atoms with E-state index in [2.05, 4.69) is 37.6 Å². The van der Waals surface area contributed by atoms with Gasteiger partial charge in [0.25, 0.3) is 0 Å². The number of anilines is 1. The summed E-state index contributed by atoms with van der Waals surface area (Å²) in [6.45, 7) is 10.9. The van der Waals surface area contributed by atoms with Crippen molar-refractivity contribution >= 4 is 22.3 Å². The summed E-state index contributed by atoms with van der Waals surface area (Å²) in [5.74, 6) is 1.45. The van der Waals surface area contributed by atoms with Crippen molar-refractivity contribution in [3.8, 4) is 0 Å². The van der Waals surface area contributed by atoms with Crippen molar-refractivity contribution in [1.82, 2.24) is 4.98 Å². The molecule has 1 aliphatic rings. The van der Waals surface area contributed by atoms with Gasteiger partial charge in [-0.15, -0.1) is 11.3 Å². The van der Waals surface area contributed by atoms with E-state index in [4.69, 9.17) is 0 Å². The molecule has 2 rings (SSSR count). The highest BCUT2D eigenvalue weighted by atomic mass is 32.1. The Morgan fingerprint density at radius 3 is 2.32 bits per heavy atom. The van der Waals surface area contributed by atoms with Crippen molar-refractivity contribution in [2.24, 2.45) is 11.8 Å². The van der Waals surface area contributed by atoms with Crippen LogP contribution in [0.4, 0.5) is 5.13 Å². The zero-order valence-corrected chi connectivity index (χ0v) is 13.2. The Hall–Kier alpha value is -0.900. The maximum Gasteiger partial charge on any atom is 0.186 e. The van der Waals surface area contributed by atoms with Crippen LogP contribution in [0.5, 0.6) is 0 Å². The molecule has 106 valence electrons. The molecule has 0 fully saturated rings. The molecule has 0 saturated heterocycles. The Kier molecular flexibility index (Phi) is 4.61. The number of hydrogen-bond acceptors (Lipinski definition) is 4. The largest absolute Gasteiger partial charge is 0.348 e. The minimum atomic E-state index is 0.234. The minimum absolute atomic E-state index is 0.234. The summed E-state index contributed by atoms with van der Waals surface area (Å²) < 4.78 is 0. The molecule has 1 heterocycles. The van der Waals surface area contributed by atoms with E-state index in [0.717, 1.165) is 36.8 Å². The SMILES string of the molecule is CC(C)CN(CC(C)C)c1nc2c(s1)CCCC2=O. The fourth-order valence-electron chi connectivity index (χ4n) is 2.50. The zero-order chi connectivity index (χ0) is 14.0. The van der Waals surface area contributed by atoms with Crippen molar-refractivity contribution in [3.05, 3.63) is 10.6 Å². The summed E-state index contributed by atoms with van der Waals surface area (Å²) in [5.41, 5.74) is 0.753. The molecular weight excluding hydrogens is 256 g/mol. The fourth-order valence-corrected chi connectivity index (χ4v) is 3.64. The molecule has 0 radical (unpaired) electrons. The van der Waals surface area contributed by atoms with Crippen molar-refractivity contribution in [1.29, 1.82) is 0 Å². The topological polar surface area (TPSA) is 33.2 Å². The smallest absolute Gasteiger partial charge is 0.186 e. The van der Waals surface area contributed by atoms with Crippen LogP contribution >= 0.6 is 11.3 Å². The van der Waals surface area contributed by atoms with Crippen LogP contribution in [-0.2, 0) is 6.42 Å². The summed E-state index contributed by atoms with van der Waals surface area (Å²) in [6.07, 6.45) is 2.68. The van der Waals surface area contributed by atoms with E-state index in [1.807, 2.05) is 0 Å². The first-order valence-electron chi connectivity index (χ1n) is 7.25. The molecule has 1 aromatic rings. The van der Waals surface area contributed by atoms with Gasteiger partial charge in [-0.3, -0.25) is 4.79 Å². The molecule has 1 aromatic heterocycles. The number of rotatable bonds is 5. The van der Waals surface area contributed by atoms with Crippen LogP contribution in [0.1, 0.15) is 55.9 Å². The predicted molar refractivity (Wildman–Crippen MR) is 81.3 cm³/mol. The standard InChI is InChI=1S/C15H24N2OS/c1-10(2)8-17(9-11(3)4)15-16-14-12(18)6-5-7-13(14)19-15/h10-11H,5-9H2,1-4H3. The molecule has 0 aliphatic heterocycles. The minimum Gasteiger partial charge on any atom is -0.348 e. The zero-order valence-electron chi connectivity index (χ0n) is 12.4. The maximum absolute atomic E-state index is 11.9. The van der Waals surface area contributed by atoms with Crippen molar-refractivity contribution < 1.29 is 4.79 Å². The van der Waals surface area contributed by atoms with E-state index in [-0.39, 0.29) is 5.78 Å². The number of nitrogens with zero attached hydrogens (tertiary/aromatic N) is 2. The highest BCUT2D eigenvalue weighted by Crippen LogP contribution is 2.32. The first kappa shape index (κ1) is 14.5.